The average molecular weight is 455 g/mol. The number of likely N-dealkylation sites (tertiary alicyclic amines) is 2. The molecule has 0 radical (unpaired) electrons. The van der Waals surface area contributed by atoms with E-state index < -0.39 is 12.1 Å². The number of carboxylic acids is 1. The lowest BCUT2D eigenvalue weighted by atomic mass is 9.84. The highest BCUT2D eigenvalue weighted by Crippen LogP contribution is 2.40. The quantitative estimate of drug-likeness (QED) is 0.752. The summed E-state index contributed by atoms with van der Waals surface area (Å²) in [5.41, 5.74) is 1.87. The third-order valence-electron chi connectivity index (χ3n) is 6.39. The van der Waals surface area contributed by atoms with Gasteiger partial charge in [-0.1, -0.05) is 6.07 Å². The molecule has 176 valence electrons. The smallest absolute Gasteiger partial charge is 0.475 e. The Morgan fingerprint density at radius 1 is 1.19 bits per heavy atom. The monoisotopic (exact) mass is 455 g/mol. The number of amides is 2. The molecule has 2 saturated heterocycles. The van der Waals surface area contributed by atoms with E-state index >= 15 is 0 Å². The second kappa shape index (κ2) is 9.46. The van der Waals surface area contributed by atoms with Gasteiger partial charge in [-0.3, -0.25) is 14.6 Å². The Labute approximate surface area is 184 Å². The molecule has 1 spiro atoms. The van der Waals surface area contributed by atoms with Crippen molar-refractivity contribution in [1.29, 1.82) is 0 Å². The maximum Gasteiger partial charge on any atom is 0.490 e. The summed E-state index contributed by atoms with van der Waals surface area (Å²) in [5, 5.41) is 7.12. The normalized spacial score (nSPS) is 20.2. The van der Waals surface area contributed by atoms with Crippen LogP contribution in [0.3, 0.4) is 0 Å². The molecule has 1 aromatic rings. The van der Waals surface area contributed by atoms with Crippen LogP contribution >= 0.6 is 0 Å². The number of aliphatic carboxylic acids is 1. The fourth-order valence-corrected chi connectivity index (χ4v) is 4.37. The maximum atomic E-state index is 12.5. The molecule has 1 aromatic heterocycles. The maximum absolute atomic E-state index is 12.5. The Hall–Kier alpha value is -2.65. The molecule has 1 N–H and O–H groups in total. The zero-order chi connectivity index (χ0) is 23.5. The van der Waals surface area contributed by atoms with Crippen LogP contribution in [-0.4, -0.2) is 62.5 Å². The SMILES string of the molecule is Cc1cccc(CN2C(=O)CCC23CCN(C(=O)CC2CC2)CC3)n1.O=C(O)C(F)(F)F. The number of hydrogen-bond acceptors (Lipinski definition) is 4. The minimum atomic E-state index is -5.08. The standard InChI is InChI=1S/C20H27N3O2.C2HF3O2/c1-15-3-2-4-17(21-15)14-23-18(24)7-8-20(23)9-11-22(12-10-20)19(25)13-16-5-6-16;3-2(4,5)1(6)7/h2-4,16H,5-14H2,1H3;(H,6,7). The van der Waals surface area contributed by atoms with Gasteiger partial charge in [-0.05, 0) is 57.1 Å². The van der Waals surface area contributed by atoms with E-state index in [1.165, 1.54) is 12.8 Å². The van der Waals surface area contributed by atoms with Crippen LogP contribution in [-0.2, 0) is 20.9 Å². The zero-order valence-electron chi connectivity index (χ0n) is 18.0. The van der Waals surface area contributed by atoms with Gasteiger partial charge in [0.05, 0.1) is 12.2 Å². The van der Waals surface area contributed by atoms with Crippen LogP contribution in [0.25, 0.3) is 0 Å². The Balaban J connectivity index is 0.000000360. The number of halogens is 3. The molecule has 1 aliphatic carbocycles. The molecule has 0 atom stereocenters. The molecule has 7 nitrogen and oxygen atoms in total. The molecule has 32 heavy (non-hydrogen) atoms. The van der Waals surface area contributed by atoms with Gasteiger partial charge in [0.15, 0.2) is 0 Å². The van der Waals surface area contributed by atoms with E-state index in [1.807, 2.05) is 30.0 Å². The predicted molar refractivity (Wildman–Crippen MR) is 108 cm³/mol. The van der Waals surface area contributed by atoms with E-state index in [1.54, 1.807) is 0 Å². The number of carbonyl (C=O) groups excluding carboxylic acids is 2. The van der Waals surface area contributed by atoms with Crippen molar-refractivity contribution in [2.45, 2.75) is 70.1 Å². The molecule has 3 fully saturated rings. The second-order valence-electron chi connectivity index (χ2n) is 8.81. The van der Waals surface area contributed by atoms with Gasteiger partial charge in [0.1, 0.15) is 0 Å². The molecule has 4 rings (SSSR count). The second-order valence-corrected chi connectivity index (χ2v) is 8.81. The number of pyridine rings is 1. The Morgan fingerprint density at radius 3 is 2.34 bits per heavy atom. The van der Waals surface area contributed by atoms with Gasteiger partial charge in [-0.15, -0.1) is 0 Å². The minimum absolute atomic E-state index is 0.0706. The van der Waals surface area contributed by atoms with Gasteiger partial charge in [0.25, 0.3) is 0 Å². The Morgan fingerprint density at radius 2 is 1.81 bits per heavy atom. The van der Waals surface area contributed by atoms with Crippen LogP contribution in [0.4, 0.5) is 13.2 Å². The largest absolute Gasteiger partial charge is 0.490 e. The number of carbonyl (C=O) groups is 3. The summed E-state index contributed by atoms with van der Waals surface area (Å²) in [6.45, 7) is 4.15. The van der Waals surface area contributed by atoms with Crippen molar-refractivity contribution in [3.05, 3.63) is 29.6 Å². The third-order valence-corrected chi connectivity index (χ3v) is 6.39. The van der Waals surface area contributed by atoms with Gasteiger partial charge >= 0.3 is 12.1 Å². The van der Waals surface area contributed by atoms with Crippen molar-refractivity contribution >= 4 is 17.8 Å². The highest BCUT2D eigenvalue weighted by atomic mass is 19.4. The fraction of sp³-hybridized carbons (Fsp3) is 0.636. The van der Waals surface area contributed by atoms with Crippen molar-refractivity contribution in [2.24, 2.45) is 5.92 Å². The van der Waals surface area contributed by atoms with Gasteiger partial charge in [0, 0.05) is 37.2 Å². The van der Waals surface area contributed by atoms with Crippen LogP contribution in [0.2, 0.25) is 0 Å². The number of hydrogen-bond donors (Lipinski definition) is 1. The first-order chi connectivity index (χ1) is 15.0. The molecule has 2 aliphatic heterocycles. The van der Waals surface area contributed by atoms with Crippen LogP contribution in [0.1, 0.15) is 56.3 Å². The zero-order valence-corrected chi connectivity index (χ0v) is 18.0. The van der Waals surface area contributed by atoms with Crippen molar-refractivity contribution in [3.8, 4) is 0 Å². The lowest BCUT2D eigenvalue weighted by molar-refractivity contribution is -0.192. The van der Waals surface area contributed by atoms with Gasteiger partial charge in [-0.25, -0.2) is 4.79 Å². The summed E-state index contributed by atoms with van der Waals surface area (Å²) >= 11 is 0. The van der Waals surface area contributed by atoms with E-state index in [-0.39, 0.29) is 11.4 Å². The van der Waals surface area contributed by atoms with Crippen molar-refractivity contribution in [2.75, 3.05) is 13.1 Å². The molecular formula is C22H28F3N3O4. The van der Waals surface area contributed by atoms with Gasteiger partial charge < -0.3 is 14.9 Å². The van der Waals surface area contributed by atoms with E-state index in [0.29, 0.717) is 24.8 Å². The topological polar surface area (TPSA) is 90.8 Å². The van der Waals surface area contributed by atoms with E-state index in [4.69, 9.17) is 9.90 Å². The van der Waals surface area contributed by atoms with Crippen molar-refractivity contribution in [1.82, 2.24) is 14.8 Å². The summed E-state index contributed by atoms with van der Waals surface area (Å²) in [6.07, 6.45) is 1.43. The molecule has 2 amide bonds. The first kappa shape index (κ1) is 24.0. The number of piperidine rings is 1. The summed E-state index contributed by atoms with van der Waals surface area (Å²) < 4.78 is 31.7. The summed E-state index contributed by atoms with van der Waals surface area (Å²) in [7, 11) is 0. The Bertz CT molecular complexity index is 862. The van der Waals surface area contributed by atoms with Crippen molar-refractivity contribution < 1.29 is 32.7 Å². The first-order valence-electron chi connectivity index (χ1n) is 10.8. The predicted octanol–water partition coefficient (Wildman–Crippen LogP) is 3.31. The summed E-state index contributed by atoms with van der Waals surface area (Å²) in [6, 6.07) is 5.99. The van der Waals surface area contributed by atoms with E-state index in [9.17, 15) is 22.8 Å². The number of nitrogens with zero attached hydrogens (tertiary/aromatic N) is 3. The van der Waals surface area contributed by atoms with Crippen LogP contribution < -0.4 is 0 Å². The molecule has 10 heteroatoms. The number of aromatic nitrogens is 1. The highest BCUT2D eigenvalue weighted by molar-refractivity contribution is 5.80. The molecule has 0 bridgehead atoms. The minimum Gasteiger partial charge on any atom is -0.475 e. The number of alkyl halides is 3. The third kappa shape index (κ3) is 5.98. The van der Waals surface area contributed by atoms with Gasteiger partial charge in [-0.2, -0.15) is 13.2 Å². The molecule has 3 heterocycles. The average Bonchev–Trinajstić information content (AvgIpc) is 3.49. The van der Waals surface area contributed by atoms with E-state index in [0.717, 1.165) is 50.2 Å². The summed E-state index contributed by atoms with van der Waals surface area (Å²) in [4.78, 5) is 42.4. The lowest BCUT2D eigenvalue weighted by Crippen LogP contribution is -2.53. The van der Waals surface area contributed by atoms with E-state index in [2.05, 4.69) is 9.88 Å². The lowest BCUT2D eigenvalue weighted by Gasteiger charge is -2.45. The van der Waals surface area contributed by atoms with Crippen LogP contribution in [0.15, 0.2) is 18.2 Å². The first-order valence-corrected chi connectivity index (χ1v) is 10.8. The van der Waals surface area contributed by atoms with Crippen molar-refractivity contribution in [3.63, 3.8) is 0 Å². The number of carboxylic acid groups (broad SMARTS) is 1. The molecule has 1 saturated carbocycles. The number of aryl methyl sites for hydroxylation is 1. The van der Waals surface area contributed by atoms with Crippen LogP contribution in [0, 0.1) is 12.8 Å². The highest BCUT2D eigenvalue weighted by Gasteiger charge is 2.47. The fourth-order valence-electron chi connectivity index (χ4n) is 4.37. The van der Waals surface area contributed by atoms with Gasteiger partial charge in [0.2, 0.25) is 11.8 Å². The molecular weight excluding hydrogens is 427 g/mol. The molecule has 3 aliphatic rings. The molecule has 0 unspecified atom stereocenters. The molecule has 0 aromatic carbocycles. The summed E-state index contributed by atoms with van der Waals surface area (Å²) in [5.74, 6) is -1.57. The number of rotatable bonds is 4. The Kier molecular flexibility index (Phi) is 7.09. The van der Waals surface area contributed by atoms with Crippen LogP contribution in [0.5, 0.6) is 0 Å².